The monoisotopic (exact) mass is 258 g/mol. The molecule has 4 heteroatoms. The Hall–Kier alpha value is -1.94. The molecule has 0 aromatic heterocycles. The number of benzene rings is 1. The van der Waals surface area contributed by atoms with Crippen molar-refractivity contribution in [2.75, 3.05) is 13.6 Å². The van der Waals surface area contributed by atoms with E-state index in [2.05, 4.69) is 6.58 Å². The number of thiocarbonyl (C=S) groups is 1. The van der Waals surface area contributed by atoms with Crippen molar-refractivity contribution in [1.29, 1.82) is 0 Å². The summed E-state index contributed by atoms with van der Waals surface area (Å²) in [5.74, 6) is -0.0775. The number of carbonyl (C=O) groups is 1. The van der Waals surface area contributed by atoms with E-state index < -0.39 is 0 Å². The topological polar surface area (TPSA) is 23.6 Å². The van der Waals surface area contributed by atoms with Crippen LogP contribution in [0.4, 0.5) is 0 Å². The lowest BCUT2D eigenvalue weighted by atomic mass is 10.2. The zero-order valence-corrected chi connectivity index (χ0v) is 11.0. The van der Waals surface area contributed by atoms with E-state index in [-0.39, 0.29) is 5.91 Å². The van der Waals surface area contributed by atoms with Gasteiger partial charge in [0.1, 0.15) is 5.70 Å². The third kappa shape index (κ3) is 2.19. The summed E-state index contributed by atoms with van der Waals surface area (Å²) >= 11 is 5.24. The van der Waals surface area contributed by atoms with Gasteiger partial charge >= 0.3 is 0 Å². The summed E-state index contributed by atoms with van der Waals surface area (Å²) in [5.41, 5.74) is 1.57. The van der Waals surface area contributed by atoms with Gasteiger partial charge in [-0.2, -0.15) is 0 Å². The van der Waals surface area contributed by atoms with E-state index in [1.165, 1.54) is 4.90 Å². The molecule has 0 saturated carbocycles. The van der Waals surface area contributed by atoms with Crippen LogP contribution >= 0.6 is 12.2 Å². The Morgan fingerprint density at radius 2 is 2.00 bits per heavy atom. The minimum atomic E-state index is -0.0775. The lowest BCUT2D eigenvalue weighted by molar-refractivity contribution is -0.122. The third-order valence-electron chi connectivity index (χ3n) is 2.76. The maximum Gasteiger partial charge on any atom is 0.277 e. The average Bonchev–Trinajstić information content (AvgIpc) is 2.58. The molecular weight excluding hydrogens is 244 g/mol. The summed E-state index contributed by atoms with van der Waals surface area (Å²) in [6.07, 6.45) is 3.52. The zero-order valence-electron chi connectivity index (χ0n) is 10.2. The summed E-state index contributed by atoms with van der Waals surface area (Å²) in [4.78, 5) is 15.5. The summed E-state index contributed by atoms with van der Waals surface area (Å²) in [5, 5.41) is 0.516. The van der Waals surface area contributed by atoms with Gasteiger partial charge in [0.15, 0.2) is 5.11 Å². The van der Waals surface area contributed by atoms with E-state index in [1.54, 1.807) is 18.0 Å². The van der Waals surface area contributed by atoms with Crippen LogP contribution in [0, 0.1) is 0 Å². The number of carbonyl (C=O) groups excluding carboxylic acids is 1. The van der Waals surface area contributed by atoms with Crippen molar-refractivity contribution in [3.63, 3.8) is 0 Å². The van der Waals surface area contributed by atoms with Gasteiger partial charge in [-0.1, -0.05) is 36.4 Å². The van der Waals surface area contributed by atoms with Gasteiger partial charge in [-0.15, -0.1) is 6.58 Å². The second-order valence-electron chi connectivity index (χ2n) is 3.99. The van der Waals surface area contributed by atoms with Gasteiger partial charge in [0.25, 0.3) is 5.91 Å². The molecule has 0 radical (unpaired) electrons. The fourth-order valence-corrected chi connectivity index (χ4v) is 2.06. The number of nitrogens with zero attached hydrogens (tertiary/aromatic N) is 2. The highest BCUT2D eigenvalue weighted by molar-refractivity contribution is 7.80. The summed E-state index contributed by atoms with van der Waals surface area (Å²) in [7, 11) is 1.80. The first kappa shape index (κ1) is 12.5. The van der Waals surface area contributed by atoms with Crippen molar-refractivity contribution < 1.29 is 4.79 Å². The number of amides is 1. The predicted molar refractivity (Wildman–Crippen MR) is 76.7 cm³/mol. The number of hydrogen-bond donors (Lipinski definition) is 0. The van der Waals surface area contributed by atoms with Crippen LogP contribution in [0.3, 0.4) is 0 Å². The Kier molecular flexibility index (Phi) is 3.58. The zero-order chi connectivity index (χ0) is 13.1. The molecule has 1 aromatic carbocycles. The number of rotatable bonds is 3. The van der Waals surface area contributed by atoms with E-state index in [1.807, 2.05) is 36.4 Å². The summed E-state index contributed by atoms with van der Waals surface area (Å²) < 4.78 is 0. The van der Waals surface area contributed by atoms with E-state index in [0.29, 0.717) is 17.4 Å². The van der Waals surface area contributed by atoms with Crippen molar-refractivity contribution in [1.82, 2.24) is 9.80 Å². The van der Waals surface area contributed by atoms with Gasteiger partial charge in [-0.25, -0.2) is 0 Å². The third-order valence-corrected chi connectivity index (χ3v) is 3.25. The van der Waals surface area contributed by atoms with Gasteiger partial charge < -0.3 is 4.90 Å². The van der Waals surface area contributed by atoms with Crippen molar-refractivity contribution in [2.24, 2.45) is 0 Å². The lowest BCUT2D eigenvalue weighted by Crippen LogP contribution is -2.31. The molecule has 92 valence electrons. The highest BCUT2D eigenvalue weighted by Crippen LogP contribution is 2.21. The van der Waals surface area contributed by atoms with E-state index >= 15 is 0 Å². The minimum Gasteiger partial charge on any atom is -0.317 e. The molecule has 0 N–H and O–H groups in total. The van der Waals surface area contributed by atoms with E-state index in [4.69, 9.17) is 12.2 Å². The summed E-state index contributed by atoms with van der Waals surface area (Å²) in [6.45, 7) is 4.07. The maximum atomic E-state index is 12.2. The van der Waals surface area contributed by atoms with Gasteiger partial charge in [0.05, 0.1) is 0 Å². The molecule has 1 heterocycles. The molecule has 18 heavy (non-hydrogen) atoms. The molecule has 1 saturated heterocycles. The molecule has 1 amide bonds. The standard InChI is InChI=1S/C14H14N2OS/c1-3-9-16-13(17)12(15(2)14(16)18)10-11-7-5-4-6-8-11/h3-8,10H,1,9H2,2H3/b12-10+. The van der Waals surface area contributed by atoms with Crippen molar-refractivity contribution in [2.45, 2.75) is 0 Å². The van der Waals surface area contributed by atoms with Gasteiger partial charge in [0, 0.05) is 13.6 Å². The fourth-order valence-electron chi connectivity index (χ4n) is 1.81. The molecule has 2 rings (SSSR count). The molecule has 0 bridgehead atoms. The van der Waals surface area contributed by atoms with Crippen LogP contribution in [0.1, 0.15) is 5.56 Å². The molecule has 1 fully saturated rings. The van der Waals surface area contributed by atoms with E-state index in [0.717, 1.165) is 5.56 Å². The molecule has 0 unspecified atom stereocenters. The number of hydrogen-bond acceptors (Lipinski definition) is 2. The van der Waals surface area contributed by atoms with Crippen LogP contribution in [-0.2, 0) is 4.79 Å². The van der Waals surface area contributed by atoms with Crippen molar-refractivity contribution >= 4 is 29.3 Å². The second-order valence-corrected chi connectivity index (χ2v) is 4.35. The Bertz CT molecular complexity index is 522. The largest absolute Gasteiger partial charge is 0.317 e. The predicted octanol–water partition coefficient (Wildman–Crippen LogP) is 2.27. The van der Waals surface area contributed by atoms with Crippen LogP contribution in [-0.4, -0.2) is 34.4 Å². The van der Waals surface area contributed by atoms with Crippen LogP contribution in [0.25, 0.3) is 6.08 Å². The quantitative estimate of drug-likeness (QED) is 0.472. The molecule has 1 aromatic rings. The average molecular weight is 258 g/mol. The lowest BCUT2D eigenvalue weighted by Gasteiger charge is -2.13. The molecule has 1 aliphatic rings. The number of likely N-dealkylation sites (N-methyl/N-ethyl adjacent to an activating group) is 1. The Labute approximate surface area is 112 Å². The smallest absolute Gasteiger partial charge is 0.277 e. The molecule has 3 nitrogen and oxygen atoms in total. The maximum absolute atomic E-state index is 12.2. The van der Waals surface area contributed by atoms with Crippen molar-refractivity contribution in [3.05, 3.63) is 54.2 Å². The normalized spacial score (nSPS) is 17.7. The van der Waals surface area contributed by atoms with Gasteiger partial charge in [-0.3, -0.25) is 9.69 Å². The highest BCUT2D eigenvalue weighted by atomic mass is 32.1. The van der Waals surface area contributed by atoms with Crippen molar-refractivity contribution in [3.8, 4) is 0 Å². The molecule has 0 atom stereocenters. The Morgan fingerprint density at radius 3 is 2.61 bits per heavy atom. The first-order valence-electron chi connectivity index (χ1n) is 5.62. The molecule has 0 aliphatic carbocycles. The first-order valence-corrected chi connectivity index (χ1v) is 6.03. The first-order chi connectivity index (χ1) is 8.65. The van der Waals surface area contributed by atoms with Gasteiger partial charge in [-0.05, 0) is 23.9 Å². The highest BCUT2D eigenvalue weighted by Gasteiger charge is 2.34. The second kappa shape index (κ2) is 5.14. The minimum absolute atomic E-state index is 0.0775. The van der Waals surface area contributed by atoms with Crippen LogP contribution < -0.4 is 0 Å². The van der Waals surface area contributed by atoms with Gasteiger partial charge in [0.2, 0.25) is 0 Å². The molecule has 1 aliphatic heterocycles. The van der Waals surface area contributed by atoms with E-state index in [9.17, 15) is 4.79 Å². The van der Waals surface area contributed by atoms with Crippen LogP contribution in [0.15, 0.2) is 48.7 Å². The van der Waals surface area contributed by atoms with Crippen LogP contribution in [0.2, 0.25) is 0 Å². The molecule has 0 spiro atoms. The summed E-state index contributed by atoms with van der Waals surface area (Å²) in [6, 6.07) is 9.72. The van der Waals surface area contributed by atoms with Crippen LogP contribution in [0.5, 0.6) is 0 Å². The fraction of sp³-hybridized carbons (Fsp3) is 0.143. The SMILES string of the molecule is C=CCN1C(=O)/C(=C\c2ccccc2)N(C)C1=S. The molecular formula is C14H14N2OS. The Balaban J connectivity index is 2.35. The Morgan fingerprint density at radius 1 is 1.33 bits per heavy atom.